The number of amides is 1. The topological polar surface area (TPSA) is 108 Å². The van der Waals surface area contributed by atoms with Crippen molar-refractivity contribution in [2.24, 2.45) is 0 Å². The van der Waals surface area contributed by atoms with Crippen molar-refractivity contribution in [3.8, 4) is 0 Å². The molecule has 1 amide bonds. The van der Waals surface area contributed by atoms with Gasteiger partial charge in [0, 0.05) is 6.42 Å². The van der Waals surface area contributed by atoms with Gasteiger partial charge < -0.3 is 28.8 Å². The van der Waals surface area contributed by atoms with Gasteiger partial charge in [-0.15, -0.1) is 0 Å². The van der Waals surface area contributed by atoms with Crippen LogP contribution in [-0.4, -0.2) is 68.5 Å². The van der Waals surface area contributed by atoms with E-state index >= 15 is 0 Å². The minimum absolute atomic E-state index is 0.0132. The van der Waals surface area contributed by atoms with E-state index in [1.54, 1.807) is 0 Å². The molecule has 0 radical (unpaired) electrons. The maximum absolute atomic E-state index is 12.3. The zero-order chi connectivity index (χ0) is 25.2. The summed E-state index contributed by atoms with van der Waals surface area (Å²) in [4.78, 5) is 24.5. The number of phosphoric acid groups is 1. The Labute approximate surface area is 202 Å². The molecule has 0 rings (SSSR count). The summed E-state index contributed by atoms with van der Waals surface area (Å²) in [6.07, 6.45) is 11.7. The van der Waals surface area contributed by atoms with Crippen molar-refractivity contribution >= 4 is 13.7 Å². The fourth-order valence-electron chi connectivity index (χ4n) is 3.39. The molecule has 0 saturated heterocycles. The lowest BCUT2D eigenvalue weighted by Gasteiger charge is -2.30. The van der Waals surface area contributed by atoms with Crippen LogP contribution >= 0.6 is 7.82 Å². The fourth-order valence-corrected chi connectivity index (χ4v) is 4.11. The lowest BCUT2D eigenvalue weighted by atomic mass is 10.0. The second-order valence-electron chi connectivity index (χ2n) is 10.1. The second kappa shape index (κ2) is 18.8. The van der Waals surface area contributed by atoms with Crippen molar-refractivity contribution in [1.29, 1.82) is 0 Å². The third kappa shape index (κ3) is 20.6. The Kier molecular flexibility index (Phi) is 18.5. The molecular formula is C24H51N2O6P. The molecule has 0 heterocycles. The highest BCUT2D eigenvalue weighted by molar-refractivity contribution is 7.45. The summed E-state index contributed by atoms with van der Waals surface area (Å²) < 4.78 is 22.7. The number of quaternary nitrogens is 1. The Morgan fingerprint density at radius 1 is 0.939 bits per heavy atom. The van der Waals surface area contributed by atoms with Crippen molar-refractivity contribution < 1.29 is 32.9 Å². The first kappa shape index (κ1) is 32.5. The lowest BCUT2D eigenvalue weighted by Crippen LogP contribution is -2.46. The summed E-state index contributed by atoms with van der Waals surface area (Å²) in [6, 6.07) is -0.784. The van der Waals surface area contributed by atoms with Crippen LogP contribution in [0.5, 0.6) is 0 Å². The number of hydrogen-bond donors (Lipinski definition) is 2. The van der Waals surface area contributed by atoms with E-state index < -0.39 is 20.0 Å². The first-order valence-corrected chi connectivity index (χ1v) is 14.3. The van der Waals surface area contributed by atoms with Crippen LogP contribution in [0.25, 0.3) is 0 Å². The monoisotopic (exact) mass is 494 g/mol. The van der Waals surface area contributed by atoms with E-state index in [1.807, 2.05) is 21.1 Å². The molecule has 0 spiro atoms. The van der Waals surface area contributed by atoms with Gasteiger partial charge in [0.2, 0.25) is 5.91 Å². The number of rotatable bonds is 22. The minimum atomic E-state index is -4.52. The molecule has 33 heavy (non-hydrogen) atoms. The van der Waals surface area contributed by atoms with Crippen molar-refractivity contribution in [3.05, 3.63) is 0 Å². The second-order valence-corrected chi connectivity index (χ2v) is 11.5. The van der Waals surface area contributed by atoms with Gasteiger partial charge in [-0.1, -0.05) is 78.1 Å². The SMILES string of the molecule is CCCCCCCCCC(O)C(COP(=O)([O-])OCC[N+](C)(C)C)NC(=O)CCCCCC. The molecular weight excluding hydrogens is 443 g/mol. The molecule has 8 nitrogen and oxygen atoms in total. The summed E-state index contributed by atoms with van der Waals surface area (Å²) in [5.74, 6) is -0.190. The van der Waals surface area contributed by atoms with Gasteiger partial charge in [0.25, 0.3) is 7.82 Å². The minimum Gasteiger partial charge on any atom is -0.756 e. The number of nitrogens with one attached hydrogen (secondary N) is 1. The Bertz CT molecular complexity index is 542. The molecule has 0 aliphatic heterocycles. The highest BCUT2D eigenvalue weighted by Gasteiger charge is 2.24. The fraction of sp³-hybridized carbons (Fsp3) is 0.958. The molecule has 0 aromatic rings. The number of nitrogens with zero attached hydrogens (tertiary/aromatic N) is 1. The third-order valence-corrected chi connectivity index (χ3v) is 6.56. The van der Waals surface area contributed by atoms with Crippen LogP contribution in [-0.2, 0) is 18.4 Å². The predicted molar refractivity (Wildman–Crippen MR) is 132 cm³/mol. The summed E-state index contributed by atoms with van der Waals surface area (Å²) >= 11 is 0. The lowest BCUT2D eigenvalue weighted by molar-refractivity contribution is -0.870. The Morgan fingerprint density at radius 2 is 1.48 bits per heavy atom. The Balaban J connectivity index is 4.65. The average molecular weight is 495 g/mol. The van der Waals surface area contributed by atoms with Crippen molar-refractivity contribution in [3.63, 3.8) is 0 Å². The zero-order valence-electron chi connectivity index (χ0n) is 21.9. The number of carbonyl (C=O) groups excluding carboxylic acids is 1. The highest BCUT2D eigenvalue weighted by Crippen LogP contribution is 2.38. The van der Waals surface area contributed by atoms with Gasteiger partial charge in [-0.05, 0) is 12.8 Å². The van der Waals surface area contributed by atoms with Gasteiger partial charge in [0.15, 0.2) is 0 Å². The molecule has 0 fully saturated rings. The number of carbonyl (C=O) groups is 1. The zero-order valence-corrected chi connectivity index (χ0v) is 22.7. The van der Waals surface area contributed by atoms with E-state index in [9.17, 15) is 19.4 Å². The van der Waals surface area contributed by atoms with Gasteiger partial charge >= 0.3 is 0 Å². The standard InChI is InChI=1S/C24H51N2O6P/c1-6-8-10-12-13-14-15-17-23(27)22(25-24(28)18-16-11-9-7-2)21-32-33(29,30)31-20-19-26(3,4)5/h22-23,27H,6-21H2,1-5H3,(H-,25,28,29,30). The largest absolute Gasteiger partial charge is 0.756 e. The number of likely N-dealkylation sites (N-methyl/N-ethyl adjacent to an activating group) is 1. The summed E-state index contributed by atoms with van der Waals surface area (Å²) in [5, 5.41) is 13.4. The highest BCUT2D eigenvalue weighted by atomic mass is 31.2. The summed E-state index contributed by atoms with van der Waals surface area (Å²) in [7, 11) is 1.29. The first-order chi connectivity index (χ1) is 15.5. The van der Waals surface area contributed by atoms with Gasteiger partial charge in [-0.25, -0.2) is 0 Å². The third-order valence-electron chi connectivity index (χ3n) is 5.60. The van der Waals surface area contributed by atoms with Gasteiger partial charge in [-0.3, -0.25) is 9.36 Å². The van der Waals surface area contributed by atoms with Crippen molar-refractivity contribution in [1.82, 2.24) is 5.32 Å². The van der Waals surface area contributed by atoms with E-state index in [-0.39, 0.29) is 19.1 Å². The molecule has 0 aromatic heterocycles. The number of phosphoric ester groups is 1. The van der Waals surface area contributed by atoms with Crippen LogP contribution in [0.3, 0.4) is 0 Å². The number of aliphatic hydroxyl groups is 1. The number of unbranched alkanes of at least 4 members (excludes halogenated alkanes) is 9. The predicted octanol–water partition coefficient (Wildman–Crippen LogP) is 4.15. The van der Waals surface area contributed by atoms with Crippen LogP contribution in [0.4, 0.5) is 0 Å². The average Bonchev–Trinajstić information content (AvgIpc) is 2.72. The van der Waals surface area contributed by atoms with E-state index in [4.69, 9.17) is 9.05 Å². The van der Waals surface area contributed by atoms with E-state index in [1.165, 1.54) is 25.7 Å². The Hall–Kier alpha value is -0.500. The van der Waals surface area contributed by atoms with Gasteiger partial charge in [0.1, 0.15) is 13.2 Å². The first-order valence-electron chi connectivity index (χ1n) is 12.9. The number of aliphatic hydroxyl groups excluding tert-OH is 1. The van der Waals surface area contributed by atoms with Gasteiger partial charge in [-0.2, -0.15) is 0 Å². The summed E-state index contributed by atoms with van der Waals surface area (Å²) in [5.41, 5.74) is 0. The van der Waals surface area contributed by atoms with E-state index in [0.29, 0.717) is 23.9 Å². The molecule has 3 unspecified atom stereocenters. The molecule has 0 aromatic carbocycles. The van der Waals surface area contributed by atoms with Gasteiger partial charge in [0.05, 0.1) is 39.9 Å². The maximum atomic E-state index is 12.3. The molecule has 9 heteroatoms. The van der Waals surface area contributed by atoms with Crippen LogP contribution in [0.1, 0.15) is 97.3 Å². The van der Waals surface area contributed by atoms with Crippen LogP contribution < -0.4 is 10.2 Å². The maximum Gasteiger partial charge on any atom is 0.268 e. The molecule has 198 valence electrons. The van der Waals surface area contributed by atoms with E-state index in [0.717, 1.165) is 44.9 Å². The van der Waals surface area contributed by atoms with Crippen LogP contribution in [0.2, 0.25) is 0 Å². The van der Waals surface area contributed by atoms with Crippen molar-refractivity contribution in [2.45, 2.75) is 109 Å². The molecule has 0 bridgehead atoms. The molecule has 3 atom stereocenters. The number of hydrogen-bond acceptors (Lipinski definition) is 6. The van der Waals surface area contributed by atoms with Crippen LogP contribution in [0.15, 0.2) is 0 Å². The molecule has 0 saturated carbocycles. The Morgan fingerprint density at radius 3 is 2.06 bits per heavy atom. The quantitative estimate of drug-likeness (QED) is 0.133. The smallest absolute Gasteiger partial charge is 0.268 e. The van der Waals surface area contributed by atoms with Crippen molar-refractivity contribution in [2.75, 3.05) is 40.9 Å². The van der Waals surface area contributed by atoms with Crippen LogP contribution in [0, 0.1) is 0 Å². The normalized spacial score (nSPS) is 15.7. The molecule has 0 aliphatic rings. The molecule has 0 aliphatic carbocycles. The molecule has 2 N–H and O–H groups in total. The van der Waals surface area contributed by atoms with E-state index in [2.05, 4.69) is 19.2 Å². The summed E-state index contributed by atoms with van der Waals surface area (Å²) in [6.45, 7) is 4.49.